The summed E-state index contributed by atoms with van der Waals surface area (Å²) in [7, 11) is 0. The molecule has 0 saturated carbocycles. The molecule has 0 bridgehead atoms. The molecule has 1 fully saturated rings. The molecule has 100 valence electrons. The Morgan fingerprint density at radius 3 is 2.44 bits per heavy atom. The molecule has 1 aliphatic rings. The minimum absolute atomic E-state index is 0.426. The average Bonchev–Trinajstić information content (AvgIpc) is 2.38. The third-order valence-corrected chi connectivity index (χ3v) is 4.31. The number of hydrogen-bond acceptors (Lipinski definition) is 3. The first-order valence-corrected chi connectivity index (χ1v) is 7.36. The molecule has 0 spiro atoms. The van der Waals surface area contributed by atoms with Crippen molar-refractivity contribution in [3.63, 3.8) is 0 Å². The Balaban J connectivity index is 2.08. The Hall–Kier alpha value is -0.580. The molecule has 0 radical (unpaired) electrons. The molecule has 1 aromatic carbocycles. The van der Waals surface area contributed by atoms with Crippen molar-refractivity contribution in [1.82, 2.24) is 4.90 Å². The molecule has 1 atom stereocenters. The molecule has 1 aromatic rings. The lowest BCUT2D eigenvalue weighted by Crippen LogP contribution is -2.46. The number of aliphatic hydroxyl groups excluding tert-OH is 1. The lowest BCUT2D eigenvalue weighted by atomic mass is 10.1. The predicted molar refractivity (Wildman–Crippen MR) is 79.1 cm³/mol. The van der Waals surface area contributed by atoms with Gasteiger partial charge in [-0.3, -0.25) is 0 Å². The summed E-state index contributed by atoms with van der Waals surface area (Å²) in [5, 5.41) is 9.62. The Labute approximate surface area is 118 Å². The molecule has 1 saturated heterocycles. The van der Waals surface area contributed by atoms with Crippen LogP contribution in [0.3, 0.4) is 0 Å². The number of rotatable bonds is 3. The largest absolute Gasteiger partial charge is 0.389 e. The fourth-order valence-electron chi connectivity index (χ4n) is 2.37. The van der Waals surface area contributed by atoms with E-state index >= 15 is 0 Å². The summed E-state index contributed by atoms with van der Waals surface area (Å²) in [4.78, 5) is 4.87. The van der Waals surface area contributed by atoms with E-state index in [1.54, 1.807) is 6.92 Å². The van der Waals surface area contributed by atoms with E-state index in [-0.39, 0.29) is 0 Å². The molecule has 2 rings (SSSR count). The van der Waals surface area contributed by atoms with Crippen LogP contribution in [0, 0.1) is 0 Å². The molecule has 0 aromatic heterocycles. The highest BCUT2D eigenvalue weighted by Gasteiger charge is 2.17. The van der Waals surface area contributed by atoms with E-state index in [2.05, 4.69) is 44.8 Å². The topological polar surface area (TPSA) is 26.7 Å². The van der Waals surface area contributed by atoms with Gasteiger partial charge in [-0.1, -0.05) is 28.9 Å². The van der Waals surface area contributed by atoms with Crippen molar-refractivity contribution in [2.24, 2.45) is 0 Å². The van der Waals surface area contributed by atoms with Gasteiger partial charge in [0.1, 0.15) is 0 Å². The summed E-state index contributed by atoms with van der Waals surface area (Å²) >= 11 is 3.54. The molecule has 0 unspecified atom stereocenters. The molecule has 0 amide bonds. The molecule has 18 heavy (non-hydrogen) atoms. The highest BCUT2D eigenvalue weighted by atomic mass is 79.9. The molecule has 0 aliphatic carbocycles. The zero-order chi connectivity index (χ0) is 13.1. The SMILES string of the molecule is CCN1CCN(c2ccc([C@H](C)O)c(Br)c2)CC1. The second-order valence-electron chi connectivity index (χ2n) is 4.80. The maximum atomic E-state index is 9.62. The first-order chi connectivity index (χ1) is 8.61. The van der Waals surface area contributed by atoms with Crippen molar-refractivity contribution in [3.05, 3.63) is 28.2 Å². The molecule has 1 N–H and O–H groups in total. The van der Waals surface area contributed by atoms with E-state index in [4.69, 9.17) is 0 Å². The quantitative estimate of drug-likeness (QED) is 0.929. The zero-order valence-corrected chi connectivity index (χ0v) is 12.7. The lowest BCUT2D eigenvalue weighted by Gasteiger charge is -2.35. The lowest BCUT2D eigenvalue weighted by molar-refractivity contribution is 0.198. The number of benzene rings is 1. The Morgan fingerprint density at radius 1 is 1.28 bits per heavy atom. The first kappa shape index (κ1) is 13.8. The van der Waals surface area contributed by atoms with E-state index in [9.17, 15) is 5.11 Å². The van der Waals surface area contributed by atoms with Crippen LogP contribution < -0.4 is 4.90 Å². The number of hydrogen-bond donors (Lipinski definition) is 1. The minimum Gasteiger partial charge on any atom is -0.389 e. The van der Waals surface area contributed by atoms with Crippen LogP contribution in [0.4, 0.5) is 5.69 Å². The molecule has 3 nitrogen and oxygen atoms in total. The second-order valence-corrected chi connectivity index (χ2v) is 5.66. The van der Waals surface area contributed by atoms with Crippen molar-refractivity contribution >= 4 is 21.6 Å². The van der Waals surface area contributed by atoms with Crippen LogP contribution in [0.1, 0.15) is 25.5 Å². The Morgan fingerprint density at radius 2 is 1.94 bits per heavy atom. The van der Waals surface area contributed by atoms with Gasteiger partial charge in [-0.25, -0.2) is 0 Å². The Kier molecular flexibility index (Phi) is 4.65. The van der Waals surface area contributed by atoms with Crippen molar-refractivity contribution in [1.29, 1.82) is 0 Å². The van der Waals surface area contributed by atoms with Crippen LogP contribution in [-0.2, 0) is 0 Å². The van der Waals surface area contributed by atoms with Crippen LogP contribution in [0.25, 0.3) is 0 Å². The number of piperazine rings is 1. The van der Waals surface area contributed by atoms with E-state index in [0.717, 1.165) is 42.8 Å². The molecule has 1 aliphatic heterocycles. The fourth-order valence-corrected chi connectivity index (χ4v) is 3.07. The normalized spacial score (nSPS) is 19.0. The smallest absolute Gasteiger partial charge is 0.0772 e. The van der Waals surface area contributed by atoms with Crippen LogP contribution in [0.5, 0.6) is 0 Å². The van der Waals surface area contributed by atoms with Gasteiger partial charge in [-0.15, -0.1) is 0 Å². The third kappa shape index (κ3) is 3.05. The summed E-state index contributed by atoms with van der Waals surface area (Å²) in [5.74, 6) is 0. The summed E-state index contributed by atoms with van der Waals surface area (Å²) in [6.45, 7) is 9.56. The van der Waals surface area contributed by atoms with E-state index in [1.807, 2.05) is 6.07 Å². The van der Waals surface area contributed by atoms with Gasteiger partial charge >= 0.3 is 0 Å². The first-order valence-electron chi connectivity index (χ1n) is 6.56. The van der Waals surface area contributed by atoms with Crippen molar-refractivity contribution in [2.45, 2.75) is 20.0 Å². The molecule has 4 heteroatoms. The summed E-state index contributed by atoms with van der Waals surface area (Å²) < 4.78 is 0.993. The Bertz CT molecular complexity index is 401. The minimum atomic E-state index is -0.426. The molecule has 1 heterocycles. The van der Waals surface area contributed by atoms with Gasteiger partial charge in [0.25, 0.3) is 0 Å². The summed E-state index contributed by atoms with van der Waals surface area (Å²) in [6, 6.07) is 6.23. The van der Waals surface area contributed by atoms with Crippen molar-refractivity contribution in [3.8, 4) is 0 Å². The number of anilines is 1. The number of halogens is 1. The van der Waals surface area contributed by atoms with Crippen molar-refractivity contribution in [2.75, 3.05) is 37.6 Å². The van der Waals surface area contributed by atoms with Gasteiger partial charge in [0.05, 0.1) is 6.10 Å². The fraction of sp³-hybridized carbons (Fsp3) is 0.571. The maximum absolute atomic E-state index is 9.62. The maximum Gasteiger partial charge on any atom is 0.0772 e. The molecular formula is C14H21BrN2O. The van der Waals surface area contributed by atoms with Gasteiger partial charge < -0.3 is 14.9 Å². The summed E-state index contributed by atoms with van der Waals surface area (Å²) in [6.07, 6.45) is -0.426. The highest BCUT2D eigenvalue weighted by molar-refractivity contribution is 9.10. The highest BCUT2D eigenvalue weighted by Crippen LogP contribution is 2.28. The standard InChI is InChI=1S/C14H21BrN2O/c1-3-16-6-8-17(9-7-16)12-4-5-13(11(2)18)14(15)10-12/h4-5,10-11,18H,3,6-9H2,1-2H3/t11-/m0/s1. The van der Waals surface area contributed by atoms with E-state index in [1.165, 1.54) is 5.69 Å². The van der Waals surface area contributed by atoms with Gasteiger partial charge in [0.15, 0.2) is 0 Å². The number of nitrogens with zero attached hydrogens (tertiary/aromatic N) is 2. The summed E-state index contributed by atoms with van der Waals surface area (Å²) in [5.41, 5.74) is 2.19. The van der Waals surface area contributed by atoms with Crippen LogP contribution in [0.15, 0.2) is 22.7 Å². The number of aliphatic hydroxyl groups is 1. The van der Waals surface area contributed by atoms with Gasteiger partial charge in [0, 0.05) is 36.3 Å². The van der Waals surface area contributed by atoms with E-state index < -0.39 is 6.10 Å². The third-order valence-electron chi connectivity index (χ3n) is 3.62. The second kappa shape index (κ2) is 6.04. The van der Waals surface area contributed by atoms with Gasteiger partial charge in [-0.05, 0) is 31.2 Å². The van der Waals surface area contributed by atoms with Crippen LogP contribution >= 0.6 is 15.9 Å². The number of likely N-dealkylation sites (N-methyl/N-ethyl adjacent to an activating group) is 1. The predicted octanol–water partition coefficient (Wildman–Crippen LogP) is 2.64. The average molecular weight is 313 g/mol. The zero-order valence-electron chi connectivity index (χ0n) is 11.1. The van der Waals surface area contributed by atoms with Gasteiger partial charge in [0.2, 0.25) is 0 Å². The molecular weight excluding hydrogens is 292 g/mol. The van der Waals surface area contributed by atoms with Crippen molar-refractivity contribution < 1.29 is 5.11 Å². The monoisotopic (exact) mass is 312 g/mol. The van der Waals surface area contributed by atoms with Crippen LogP contribution in [-0.4, -0.2) is 42.7 Å². The van der Waals surface area contributed by atoms with E-state index in [0.29, 0.717) is 0 Å². The van der Waals surface area contributed by atoms with Crippen LogP contribution in [0.2, 0.25) is 0 Å². The van der Waals surface area contributed by atoms with Gasteiger partial charge in [-0.2, -0.15) is 0 Å².